The van der Waals surface area contributed by atoms with E-state index in [9.17, 15) is 4.79 Å². The lowest BCUT2D eigenvalue weighted by Crippen LogP contribution is -2.29. The third-order valence-corrected chi connectivity index (χ3v) is 1.51. The molecule has 1 N–H and O–H groups in total. The maximum absolute atomic E-state index is 11.0. The molecular formula is C9H16N2O2. The second-order valence-electron chi connectivity index (χ2n) is 2.77. The van der Waals surface area contributed by atoms with Gasteiger partial charge in [-0.3, -0.25) is 4.79 Å². The highest BCUT2D eigenvalue weighted by Gasteiger charge is 2.08. The summed E-state index contributed by atoms with van der Waals surface area (Å²) in [5.41, 5.74) is 0. The first-order chi connectivity index (χ1) is 6.20. The van der Waals surface area contributed by atoms with Crippen molar-refractivity contribution >= 4 is 5.97 Å². The molecule has 0 aromatic rings. The van der Waals surface area contributed by atoms with E-state index in [1.165, 1.54) is 0 Å². The van der Waals surface area contributed by atoms with Crippen LogP contribution in [-0.4, -0.2) is 25.2 Å². The molecule has 0 aromatic carbocycles. The molecule has 4 nitrogen and oxygen atoms in total. The fourth-order valence-corrected chi connectivity index (χ4v) is 0.917. The van der Waals surface area contributed by atoms with Gasteiger partial charge in [-0.25, -0.2) is 0 Å². The Balaban J connectivity index is 3.44. The summed E-state index contributed by atoms with van der Waals surface area (Å²) in [6, 6.07) is 2.10. The first-order valence-corrected chi connectivity index (χ1v) is 4.46. The summed E-state index contributed by atoms with van der Waals surface area (Å²) >= 11 is 0. The van der Waals surface area contributed by atoms with Crippen molar-refractivity contribution in [1.82, 2.24) is 5.32 Å². The van der Waals surface area contributed by atoms with E-state index in [0.717, 1.165) is 0 Å². The third-order valence-electron chi connectivity index (χ3n) is 1.51. The maximum atomic E-state index is 11.0. The lowest BCUT2D eigenvalue weighted by atomic mass is 10.2. The number of nitriles is 1. The number of esters is 1. The molecule has 0 spiro atoms. The van der Waals surface area contributed by atoms with Gasteiger partial charge in [-0.15, -0.1) is 0 Å². The Hall–Kier alpha value is -1.08. The lowest BCUT2D eigenvalue weighted by molar-refractivity contribution is -0.143. The molecule has 1 atom stereocenters. The van der Waals surface area contributed by atoms with Gasteiger partial charge >= 0.3 is 5.97 Å². The Labute approximate surface area is 78.9 Å². The van der Waals surface area contributed by atoms with Crippen LogP contribution in [0.5, 0.6) is 0 Å². The van der Waals surface area contributed by atoms with Crippen molar-refractivity contribution in [3.63, 3.8) is 0 Å². The Bertz CT molecular complexity index is 187. The number of nitrogens with zero attached hydrogens (tertiary/aromatic N) is 1. The van der Waals surface area contributed by atoms with Gasteiger partial charge in [0.1, 0.15) is 0 Å². The van der Waals surface area contributed by atoms with Gasteiger partial charge < -0.3 is 10.1 Å². The minimum absolute atomic E-state index is 0.0763. The van der Waals surface area contributed by atoms with Gasteiger partial charge in [-0.05, 0) is 13.8 Å². The topological polar surface area (TPSA) is 62.1 Å². The molecule has 1 unspecified atom stereocenters. The summed E-state index contributed by atoms with van der Waals surface area (Å²) in [6.07, 6.45) is 0.826. The number of hydrogen-bond donors (Lipinski definition) is 1. The van der Waals surface area contributed by atoms with E-state index < -0.39 is 0 Å². The summed E-state index contributed by atoms with van der Waals surface area (Å²) < 4.78 is 4.77. The van der Waals surface area contributed by atoms with Crippen LogP contribution in [-0.2, 0) is 9.53 Å². The molecule has 13 heavy (non-hydrogen) atoms. The predicted octanol–water partition coefficient (Wildman–Crippen LogP) is 0.831. The largest absolute Gasteiger partial charge is 0.466 e. The number of hydrogen-bond acceptors (Lipinski definition) is 4. The molecule has 0 aliphatic heterocycles. The van der Waals surface area contributed by atoms with E-state index in [0.29, 0.717) is 26.0 Å². The lowest BCUT2D eigenvalue weighted by Gasteiger charge is -2.11. The maximum Gasteiger partial charge on any atom is 0.307 e. The Kier molecular flexibility index (Phi) is 6.93. The monoisotopic (exact) mass is 184 g/mol. The van der Waals surface area contributed by atoms with Crippen LogP contribution < -0.4 is 5.32 Å². The normalized spacial score (nSPS) is 11.8. The van der Waals surface area contributed by atoms with Crippen LogP contribution in [0.25, 0.3) is 0 Å². The van der Waals surface area contributed by atoms with Crippen LogP contribution in [0.1, 0.15) is 26.7 Å². The molecule has 0 rings (SSSR count). The average molecular weight is 184 g/mol. The zero-order chi connectivity index (χ0) is 10.1. The van der Waals surface area contributed by atoms with E-state index in [2.05, 4.69) is 5.32 Å². The summed E-state index contributed by atoms with van der Waals surface area (Å²) in [4.78, 5) is 11.0. The summed E-state index contributed by atoms with van der Waals surface area (Å²) in [7, 11) is 0. The number of ether oxygens (including phenoxy) is 1. The highest BCUT2D eigenvalue weighted by molar-refractivity contribution is 5.69. The van der Waals surface area contributed by atoms with E-state index in [1.54, 1.807) is 6.92 Å². The molecule has 0 aliphatic carbocycles. The zero-order valence-corrected chi connectivity index (χ0v) is 8.17. The fourth-order valence-electron chi connectivity index (χ4n) is 0.917. The van der Waals surface area contributed by atoms with Crippen LogP contribution in [0.4, 0.5) is 0 Å². The summed E-state index contributed by atoms with van der Waals surface area (Å²) in [5, 5.41) is 11.3. The Morgan fingerprint density at radius 2 is 2.38 bits per heavy atom. The van der Waals surface area contributed by atoms with Crippen LogP contribution in [0.2, 0.25) is 0 Å². The van der Waals surface area contributed by atoms with Crippen LogP contribution >= 0.6 is 0 Å². The van der Waals surface area contributed by atoms with Crippen molar-refractivity contribution in [1.29, 1.82) is 5.26 Å². The molecule has 0 bridgehead atoms. The van der Waals surface area contributed by atoms with Crippen molar-refractivity contribution in [3.8, 4) is 6.07 Å². The Morgan fingerprint density at radius 1 is 1.69 bits per heavy atom. The highest BCUT2D eigenvalue weighted by atomic mass is 16.5. The minimum atomic E-state index is -0.195. The van der Waals surface area contributed by atoms with Crippen LogP contribution in [0.15, 0.2) is 0 Å². The fraction of sp³-hybridized carbons (Fsp3) is 0.778. The molecule has 0 aromatic heterocycles. The molecule has 0 heterocycles. The van der Waals surface area contributed by atoms with Crippen molar-refractivity contribution < 1.29 is 9.53 Å². The van der Waals surface area contributed by atoms with Gasteiger partial charge in [0, 0.05) is 19.0 Å². The van der Waals surface area contributed by atoms with Gasteiger partial charge in [-0.2, -0.15) is 5.26 Å². The van der Waals surface area contributed by atoms with Crippen LogP contribution in [0.3, 0.4) is 0 Å². The molecule has 0 amide bonds. The van der Waals surface area contributed by atoms with Gasteiger partial charge in [0.05, 0.1) is 19.1 Å². The van der Waals surface area contributed by atoms with Gasteiger partial charge in [0.2, 0.25) is 0 Å². The molecular weight excluding hydrogens is 168 g/mol. The van der Waals surface area contributed by atoms with Gasteiger partial charge in [0.25, 0.3) is 0 Å². The Morgan fingerprint density at radius 3 is 2.92 bits per heavy atom. The molecule has 0 radical (unpaired) electrons. The standard InChI is InChI=1S/C9H16N2O2/c1-3-13-9(12)7-8(2)11-6-4-5-10/h8,11H,3-4,6-7H2,1-2H3. The second kappa shape index (κ2) is 7.56. The molecule has 74 valence electrons. The smallest absolute Gasteiger partial charge is 0.307 e. The first kappa shape index (κ1) is 11.9. The van der Waals surface area contributed by atoms with E-state index in [1.807, 2.05) is 13.0 Å². The third kappa shape index (κ3) is 7.29. The minimum Gasteiger partial charge on any atom is -0.466 e. The van der Waals surface area contributed by atoms with Gasteiger partial charge in [0.15, 0.2) is 0 Å². The molecule has 0 saturated carbocycles. The molecule has 0 aliphatic rings. The van der Waals surface area contributed by atoms with Crippen molar-refractivity contribution in [2.45, 2.75) is 32.7 Å². The first-order valence-electron chi connectivity index (χ1n) is 4.46. The molecule has 0 saturated heterocycles. The predicted molar refractivity (Wildman–Crippen MR) is 48.9 cm³/mol. The quantitative estimate of drug-likeness (QED) is 0.490. The highest BCUT2D eigenvalue weighted by Crippen LogP contribution is 1.93. The zero-order valence-electron chi connectivity index (χ0n) is 8.17. The number of nitrogens with one attached hydrogen (secondary N) is 1. The van der Waals surface area contributed by atoms with Crippen LogP contribution in [0, 0.1) is 11.3 Å². The molecule has 0 fully saturated rings. The van der Waals surface area contributed by atoms with Crippen molar-refractivity contribution in [2.24, 2.45) is 0 Å². The number of rotatable bonds is 6. The molecule has 4 heteroatoms. The second-order valence-corrected chi connectivity index (χ2v) is 2.77. The van der Waals surface area contributed by atoms with E-state index in [4.69, 9.17) is 10.00 Å². The number of carbonyl (C=O) groups is 1. The van der Waals surface area contributed by atoms with Gasteiger partial charge in [-0.1, -0.05) is 0 Å². The van der Waals surface area contributed by atoms with E-state index >= 15 is 0 Å². The van der Waals surface area contributed by atoms with E-state index in [-0.39, 0.29) is 12.0 Å². The van der Waals surface area contributed by atoms with Crippen molar-refractivity contribution in [3.05, 3.63) is 0 Å². The van der Waals surface area contributed by atoms with Crippen molar-refractivity contribution in [2.75, 3.05) is 13.2 Å². The summed E-state index contributed by atoms with van der Waals surface area (Å²) in [6.45, 7) is 4.72. The average Bonchev–Trinajstić information content (AvgIpc) is 2.05. The SMILES string of the molecule is CCOC(=O)CC(C)NCCC#N. The summed E-state index contributed by atoms with van der Waals surface area (Å²) in [5.74, 6) is -0.195. The number of carbonyl (C=O) groups excluding carboxylic acids is 1.